The zero-order valence-corrected chi connectivity index (χ0v) is 8.80. The Balaban J connectivity index is 2.32. The van der Waals surface area contributed by atoms with Crippen LogP contribution in [-0.4, -0.2) is 49.8 Å². The maximum absolute atomic E-state index is 10.9. The molecule has 1 aliphatic rings. The van der Waals surface area contributed by atoms with Crippen LogP contribution in [0.1, 0.15) is 6.23 Å². The minimum absolute atomic E-state index is 0.132. The van der Waals surface area contributed by atoms with Crippen molar-refractivity contribution in [1.82, 2.24) is 9.55 Å². The maximum atomic E-state index is 10.9. The smallest absolute Gasteiger partial charge is 0.274 e. The summed E-state index contributed by atoms with van der Waals surface area (Å²) in [5, 5.41) is 28.2. The molecule has 1 fully saturated rings. The molecule has 8 heteroatoms. The van der Waals surface area contributed by atoms with Gasteiger partial charge in [0, 0.05) is 12.3 Å². The quantitative estimate of drug-likeness (QED) is 0.449. The molecular formula is C9H13N3O5. The molecule has 17 heavy (non-hydrogen) atoms. The van der Waals surface area contributed by atoms with Crippen molar-refractivity contribution in [3.63, 3.8) is 0 Å². The van der Waals surface area contributed by atoms with Crippen molar-refractivity contribution in [2.75, 3.05) is 12.3 Å². The highest BCUT2D eigenvalue weighted by atomic mass is 16.6. The molecule has 0 amide bonds. The van der Waals surface area contributed by atoms with Gasteiger partial charge >= 0.3 is 0 Å². The van der Waals surface area contributed by atoms with E-state index < -0.39 is 36.7 Å². The second kappa shape index (κ2) is 4.41. The first kappa shape index (κ1) is 12.0. The molecule has 1 aromatic heterocycles. The number of rotatable bonds is 2. The van der Waals surface area contributed by atoms with Gasteiger partial charge in [0.25, 0.3) is 5.56 Å². The van der Waals surface area contributed by atoms with Crippen molar-refractivity contribution >= 4 is 5.95 Å². The molecule has 2 rings (SSSR count). The van der Waals surface area contributed by atoms with E-state index in [9.17, 15) is 15.0 Å². The SMILES string of the molecule is Nc1nc(=O)ccn1[C@@H]1O[C@H](CO)[C@H](O)C1O. The molecule has 0 aliphatic carbocycles. The summed E-state index contributed by atoms with van der Waals surface area (Å²) in [4.78, 5) is 14.4. The van der Waals surface area contributed by atoms with Gasteiger partial charge in [-0.05, 0) is 0 Å². The number of hydrogen-bond donors (Lipinski definition) is 4. The number of nitrogens with zero attached hydrogens (tertiary/aromatic N) is 2. The van der Waals surface area contributed by atoms with Gasteiger partial charge in [0.05, 0.1) is 6.61 Å². The van der Waals surface area contributed by atoms with E-state index in [2.05, 4.69) is 4.98 Å². The number of aliphatic hydroxyl groups is 3. The highest BCUT2D eigenvalue weighted by Crippen LogP contribution is 2.29. The normalized spacial score (nSPS) is 32.9. The third-order valence-electron chi connectivity index (χ3n) is 2.66. The molecule has 1 aromatic rings. The standard InChI is InChI=1S/C9H13N3O5/c10-9-11-5(14)1-2-12(9)8-7(16)6(15)4(3-13)17-8/h1-2,4,6-8,13,15-16H,3H2,(H2,10,11,14)/t4-,6+,7?,8-/m1/s1. The topological polar surface area (TPSA) is 131 Å². The first-order valence-electron chi connectivity index (χ1n) is 5.01. The second-order valence-corrected chi connectivity index (χ2v) is 3.76. The predicted octanol–water partition coefficient (Wildman–Crippen LogP) is -2.56. The average molecular weight is 243 g/mol. The summed E-state index contributed by atoms with van der Waals surface area (Å²) in [7, 11) is 0. The van der Waals surface area contributed by atoms with Gasteiger partial charge in [-0.15, -0.1) is 0 Å². The molecule has 8 nitrogen and oxygen atoms in total. The Morgan fingerprint density at radius 1 is 1.47 bits per heavy atom. The van der Waals surface area contributed by atoms with Crippen molar-refractivity contribution in [2.45, 2.75) is 24.5 Å². The molecule has 0 saturated carbocycles. The van der Waals surface area contributed by atoms with Crippen LogP contribution in [0.5, 0.6) is 0 Å². The van der Waals surface area contributed by atoms with Gasteiger partial charge in [0.2, 0.25) is 5.95 Å². The number of aliphatic hydroxyl groups excluding tert-OH is 3. The van der Waals surface area contributed by atoms with Crippen molar-refractivity contribution in [1.29, 1.82) is 0 Å². The van der Waals surface area contributed by atoms with Crippen LogP contribution in [0.4, 0.5) is 5.95 Å². The van der Waals surface area contributed by atoms with Crippen LogP contribution in [-0.2, 0) is 4.74 Å². The van der Waals surface area contributed by atoms with Crippen LogP contribution in [0.3, 0.4) is 0 Å². The molecule has 2 heterocycles. The van der Waals surface area contributed by atoms with E-state index in [0.717, 1.165) is 6.07 Å². The fraction of sp³-hybridized carbons (Fsp3) is 0.556. The van der Waals surface area contributed by atoms with Gasteiger partial charge < -0.3 is 25.8 Å². The molecule has 1 saturated heterocycles. The number of nitrogens with two attached hydrogens (primary N) is 1. The fourth-order valence-electron chi connectivity index (χ4n) is 1.75. The lowest BCUT2D eigenvalue weighted by molar-refractivity contribution is -0.0523. The predicted molar refractivity (Wildman–Crippen MR) is 55.9 cm³/mol. The van der Waals surface area contributed by atoms with Crippen molar-refractivity contribution in [3.05, 3.63) is 22.6 Å². The Hall–Kier alpha value is -1.48. The van der Waals surface area contributed by atoms with E-state index in [-0.39, 0.29) is 5.95 Å². The molecule has 94 valence electrons. The largest absolute Gasteiger partial charge is 0.394 e. The summed E-state index contributed by atoms with van der Waals surface area (Å²) >= 11 is 0. The van der Waals surface area contributed by atoms with Gasteiger partial charge in [-0.25, -0.2) is 0 Å². The van der Waals surface area contributed by atoms with E-state index in [1.54, 1.807) is 0 Å². The number of anilines is 1. The van der Waals surface area contributed by atoms with Crippen LogP contribution in [0.2, 0.25) is 0 Å². The highest BCUT2D eigenvalue weighted by Gasteiger charge is 2.43. The van der Waals surface area contributed by atoms with E-state index in [1.807, 2.05) is 0 Å². The molecular weight excluding hydrogens is 230 g/mol. The minimum Gasteiger partial charge on any atom is -0.394 e. The Morgan fingerprint density at radius 2 is 2.18 bits per heavy atom. The maximum Gasteiger partial charge on any atom is 0.274 e. The van der Waals surface area contributed by atoms with Gasteiger partial charge in [0.15, 0.2) is 6.23 Å². The van der Waals surface area contributed by atoms with E-state index in [4.69, 9.17) is 15.6 Å². The van der Waals surface area contributed by atoms with E-state index in [0.29, 0.717) is 0 Å². The van der Waals surface area contributed by atoms with Crippen LogP contribution >= 0.6 is 0 Å². The third kappa shape index (κ3) is 2.03. The summed E-state index contributed by atoms with van der Waals surface area (Å²) in [6.07, 6.45) is -3.03. The zero-order chi connectivity index (χ0) is 12.6. The number of hydrogen-bond acceptors (Lipinski definition) is 7. The molecule has 0 bridgehead atoms. The van der Waals surface area contributed by atoms with Gasteiger partial charge in [0.1, 0.15) is 18.3 Å². The lowest BCUT2D eigenvalue weighted by atomic mass is 10.1. The summed E-state index contributed by atoms with van der Waals surface area (Å²) in [6.45, 7) is -0.428. The van der Waals surface area contributed by atoms with Crippen molar-refractivity contribution in [2.24, 2.45) is 0 Å². The molecule has 0 spiro atoms. The van der Waals surface area contributed by atoms with Gasteiger partial charge in [-0.1, -0.05) is 0 Å². The summed E-state index contributed by atoms with van der Waals surface area (Å²) in [5.74, 6) is -0.132. The molecule has 5 N–H and O–H groups in total. The first-order chi connectivity index (χ1) is 8.04. The average Bonchev–Trinajstić information content (AvgIpc) is 2.57. The Bertz CT molecular complexity index is 462. The molecule has 0 aromatic carbocycles. The molecule has 0 radical (unpaired) electrons. The van der Waals surface area contributed by atoms with Gasteiger partial charge in [-0.2, -0.15) is 4.98 Å². The highest BCUT2D eigenvalue weighted by molar-refractivity contribution is 5.17. The summed E-state index contributed by atoms with van der Waals surface area (Å²) in [6, 6.07) is 1.16. The van der Waals surface area contributed by atoms with Crippen LogP contribution in [0.15, 0.2) is 17.1 Å². The van der Waals surface area contributed by atoms with Crippen molar-refractivity contribution in [3.8, 4) is 0 Å². The fourth-order valence-corrected chi connectivity index (χ4v) is 1.75. The number of nitrogen functional groups attached to an aromatic ring is 1. The lowest BCUT2D eigenvalue weighted by Crippen LogP contribution is -2.33. The Kier molecular flexibility index (Phi) is 3.11. The zero-order valence-electron chi connectivity index (χ0n) is 8.80. The molecule has 1 unspecified atom stereocenters. The monoisotopic (exact) mass is 243 g/mol. The third-order valence-corrected chi connectivity index (χ3v) is 2.66. The van der Waals surface area contributed by atoms with E-state index >= 15 is 0 Å². The first-order valence-corrected chi connectivity index (χ1v) is 5.01. The van der Waals surface area contributed by atoms with Crippen LogP contribution in [0, 0.1) is 0 Å². The van der Waals surface area contributed by atoms with Crippen LogP contribution < -0.4 is 11.3 Å². The number of ether oxygens (including phenoxy) is 1. The van der Waals surface area contributed by atoms with Crippen LogP contribution in [0.25, 0.3) is 0 Å². The van der Waals surface area contributed by atoms with Gasteiger partial charge in [-0.3, -0.25) is 9.36 Å². The Morgan fingerprint density at radius 3 is 2.71 bits per heavy atom. The minimum atomic E-state index is -1.25. The van der Waals surface area contributed by atoms with Crippen molar-refractivity contribution < 1.29 is 20.1 Å². The summed E-state index contributed by atoms with van der Waals surface area (Å²) < 4.78 is 6.46. The second-order valence-electron chi connectivity index (χ2n) is 3.76. The number of aromatic nitrogens is 2. The Labute approximate surface area is 95.9 Å². The molecule has 1 aliphatic heterocycles. The lowest BCUT2D eigenvalue weighted by Gasteiger charge is -2.19. The summed E-state index contributed by atoms with van der Waals surface area (Å²) in [5.41, 5.74) is 5.00. The van der Waals surface area contributed by atoms with E-state index in [1.165, 1.54) is 10.8 Å². The molecule has 4 atom stereocenters.